The molecule has 36 heavy (non-hydrogen) atoms. The van der Waals surface area contributed by atoms with E-state index in [1.54, 1.807) is 11.0 Å². The molecule has 0 saturated heterocycles. The molecule has 5 nitrogen and oxygen atoms in total. The van der Waals surface area contributed by atoms with Gasteiger partial charge < -0.3 is 15.0 Å². The summed E-state index contributed by atoms with van der Waals surface area (Å²) in [4.78, 5) is 28.7. The molecule has 0 bridgehead atoms. The first-order valence-corrected chi connectivity index (χ1v) is 13.2. The molecule has 0 aliphatic carbocycles. The fraction of sp³-hybridized carbons (Fsp3) is 0.310. The van der Waals surface area contributed by atoms with Gasteiger partial charge >= 0.3 is 0 Å². The lowest BCUT2D eigenvalue weighted by Crippen LogP contribution is -2.53. The largest absolute Gasteiger partial charge is 0.484 e. The molecule has 0 radical (unpaired) electrons. The van der Waals surface area contributed by atoms with E-state index in [-0.39, 0.29) is 31.0 Å². The van der Waals surface area contributed by atoms with Gasteiger partial charge in [0.2, 0.25) is 5.91 Å². The molecule has 7 heteroatoms. The van der Waals surface area contributed by atoms with Crippen LogP contribution in [-0.2, 0) is 22.6 Å². The van der Waals surface area contributed by atoms with Gasteiger partial charge in [0.15, 0.2) is 6.61 Å². The topological polar surface area (TPSA) is 58.6 Å². The average molecular weight is 572 g/mol. The lowest BCUT2D eigenvalue weighted by molar-refractivity contribution is -0.143. The Morgan fingerprint density at radius 2 is 1.75 bits per heavy atom. The number of hydrogen-bond donors (Lipinski definition) is 1. The van der Waals surface area contributed by atoms with E-state index in [0.717, 1.165) is 27.6 Å². The highest BCUT2D eigenvalue weighted by Gasteiger charge is 2.31. The number of rotatable bonds is 11. The second kappa shape index (κ2) is 13.5. The maximum atomic E-state index is 13.6. The highest BCUT2D eigenvalue weighted by molar-refractivity contribution is 9.10. The van der Waals surface area contributed by atoms with Gasteiger partial charge in [0, 0.05) is 28.5 Å². The second-order valence-electron chi connectivity index (χ2n) is 8.87. The highest BCUT2D eigenvalue weighted by atomic mass is 79.9. The Kier molecular flexibility index (Phi) is 10.4. The van der Waals surface area contributed by atoms with Crippen molar-refractivity contribution in [1.29, 1.82) is 0 Å². The van der Waals surface area contributed by atoms with Gasteiger partial charge in [-0.2, -0.15) is 0 Å². The number of carbonyl (C=O) groups excluding carboxylic acids is 2. The summed E-state index contributed by atoms with van der Waals surface area (Å²) in [5.74, 6) is 0.120. The molecule has 0 aliphatic heterocycles. The molecule has 3 aromatic carbocycles. The van der Waals surface area contributed by atoms with Crippen molar-refractivity contribution in [2.24, 2.45) is 0 Å². The molecule has 0 aromatic heterocycles. The predicted octanol–water partition coefficient (Wildman–Crippen LogP) is 6.34. The molecule has 0 aliphatic rings. The van der Waals surface area contributed by atoms with E-state index in [0.29, 0.717) is 17.2 Å². The first kappa shape index (κ1) is 27.8. The van der Waals surface area contributed by atoms with Crippen molar-refractivity contribution < 1.29 is 14.3 Å². The van der Waals surface area contributed by atoms with Crippen LogP contribution in [0.4, 0.5) is 0 Å². The summed E-state index contributed by atoms with van der Waals surface area (Å²) in [6.07, 6.45) is 1.17. The SMILES string of the molecule is CC[C@@H](C)NC(=O)[C@@H](Cc1ccccc1)N(Cc1cccc(Cl)c1)C(=O)COc1ccc(Br)c(C)c1. The van der Waals surface area contributed by atoms with E-state index in [2.05, 4.69) is 21.2 Å². The summed E-state index contributed by atoms with van der Waals surface area (Å²) in [5, 5.41) is 3.64. The molecule has 3 rings (SSSR count). The minimum atomic E-state index is -0.719. The Balaban J connectivity index is 1.91. The molecule has 3 aromatic rings. The average Bonchev–Trinajstić information content (AvgIpc) is 2.87. The number of ether oxygens (including phenoxy) is 1. The lowest BCUT2D eigenvalue weighted by Gasteiger charge is -2.32. The fourth-order valence-electron chi connectivity index (χ4n) is 3.76. The zero-order valence-corrected chi connectivity index (χ0v) is 23.2. The van der Waals surface area contributed by atoms with E-state index in [9.17, 15) is 9.59 Å². The summed E-state index contributed by atoms with van der Waals surface area (Å²) < 4.78 is 6.82. The van der Waals surface area contributed by atoms with Crippen molar-refractivity contribution in [3.8, 4) is 5.75 Å². The second-order valence-corrected chi connectivity index (χ2v) is 10.2. The monoisotopic (exact) mass is 570 g/mol. The van der Waals surface area contributed by atoms with Crippen LogP contribution in [0.3, 0.4) is 0 Å². The number of nitrogens with zero attached hydrogens (tertiary/aromatic N) is 1. The van der Waals surface area contributed by atoms with Gasteiger partial charge in [0.1, 0.15) is 11.8 Å². The maximum absolute atomic E-state index is 13.6. The van der Waals surface area contributed by atoms with Crippen LogP contribution in [-0.4, -0.2) is 35.4 Å². The van der Waals surface area contributed by atoms with E-state index >= 15 is 0 Å². The number of hydrogen-bond acceptors (Lipinski definition) is 3. The highest BCUT2D eigenvalue weighted by Crippen LogP contribution is 2.22. The standard InChI is InChI=1S/C29H32BrClN2O3/c1-4-21(3)32-29(35)27(17-22-9-6-5-7-10-22)33(18-23-11-8-12-24(31)16-23)28(34)19-36-25-13-14-26(30)20(2)15-25/h5-16,21,27H,4,17-19H2,1-3H3,(H,32,35)/t21-,27-/m1/s1. The Morgan fingerprint density at radius 3 is 2.42 bits per heavy atom. The molecule has 0 heterocycles. The third-order valence-corrected chi connectivity index (χ3v) is 7.13. The normalized spacial score (nSPS) is 12.5. The summed E-state index contributed by atoms with van der Waals surface area (Å²) >= 11 is 9.71. The molecule has 1 N–H and O–H groups in total. The predicted molar refractivity (Wildman–Crippen MR) is 148 cm³/mol. The van der Waals surface area contributed by atoms with Gasteiger partial charge in [-0.3, -0.25) is 9.59 Å². The Morgan fingerprint density at radius 1 is 1.03 bits per heavy atom. The quantitative estimate of drug-likeness (QED) is 0.292. The first-order valence-electron chi connectivity index (χ1n) is 12.0. The molecule has 0 unspecified atom stereocenters. The lowest BCUT2D eigenvalue weighted by atomic mass is 10.0. The number of aryl methyl sites for hydroxylation is 1. The van der Waals surface area contributed by atoms with Gasteiger partial charge in [0.25, 0.3) is 5.91 Å². The van der Waals surface area contributed by atoms with Crippen molar-refractivity contribution in [2.45, 2.75) is 52.2 Å². The minimum absolute atomic E-state index is 0.0131. The third kappa shape index (κ3) is 8.10. The van der Waals surface area contributed by atoms with Crippen molar-refractivity contribution in [3.05, 3.63) is 99.0 Å². The van der Waals surface area contributed by atoms with Gasteiger partial charge in [-0.05, 0) is 67.3 Å². The van der Waals surface area contributed by atoms with Crippen LogP contribution < -0.4 is 10.1 Å². The number of benzene rings is 3. The Bertz CT molecular complexity index is 1170. The molecule has 0 spiro atoms. The Hall–Kier alpha value is -2.83. The van der Waals surface area contributed by atoms with Crippen LogP contribution in [0, 0.1) is 6.92 Å². The van der Waals surface area contributed by atoms with Crippen LogP contribution in [0.25, 0.3) is 0 Å². The summed E-state index contributed by atoms with van der Waals surface area (Å²) in [6, 6.07) is 21.9. The van der Waals surface area contributed by atoms with Crippen LogP contribution in [0.15, 0.2) is 77.3 Å². The first-order chi connectivity index (χ1) is 17.3. The van der Waals surface area contributed by atoms with E-state index in [4.69, 9.17) is 16.3 Å². The van der Waals surface area contributed by atoms with Crippen molar-refractivity contribution in [2.75, 3.05) is 6.61 Å². The smallest absolute Gasteiger partial charge is 0.261 e. The molecule has 0 fully saturated rings. The van der Waals surface area contributed by atoms with Crippen molar-refractivity contribution in [3.63, 3.8) is 0 Å². The van der Waals surface area contributed by atoms with E-state index < -0.39 is 6.04 Å². The van der Waals surface area contributed by atoms with Crippen molar-refractivity contribution in [1.82, 2.24) is 10.2 Å². The van der Waals surface area contributed by atoms with Crippen LogP contribution in [0.2, 0.25) is 5.02 Å². The van der Waals surface area contributed by atoms with Crippen LogP contribution in [0.5, 0.6) is 5.75 Å². The zero-order chi connectivity index (χ0) is 26.1. The van der Waals surface area contributed by atoms with Crippen molar-refractivity contribution >= 4 is 39.3 Å². The summed E-state index contributed by atoms with van der Waals surface area (Å²) in [6.45, 7) is 5.97. The summed E-state index contributed by atoms with van der Waals surface area (Å²) in [7, 11) is 0. The van der Waals surface area contributed by atoms with Gasteiger partial charge in [0.05, 0.1) is 0 Å². The molecule has 2 amide bonds. The minimum Gasteiger partial charge on any atom is -0.484 e. The van der Waals surface area contributed by atoms with Crippen LogP contribution in [0.1, 0.15) is 37.0 Å². The zero-order valence-electron chi connectivity index (χ0n) is 20.8. The summed E-state index contributed by atoms with van der Waals surface area (Å²) in [5.41, 5.74) is 2.81. The van der Waals surface area contributed by atoms with Gasteiger partial charge in [-0.25, -0.2) is 0 Å². The molecular weight excluding hydrogens is 540 g/mol. The number of nitrogens with one attached hydrogen (secondary N) is 1. The third-order valence-electron chi connectivity index (χ3n) is 6.01. The van der Waals surface area contributed by atoms with E-state index in [1.165, 1.54) is 0 Å². The molecule has 190 valence electrons. The number of amides is 2. The van der Waals surface area contributed by atoms with E-state index in [1.807, 2.05) is 87.5 Å². The molecule has 0 saturated carbocycles. The fourth-order valence-corrected chi connectivity index (χ4v) is 4.22. The number of halogens is 2. The number of carbonyl (C=O) groups is 2. The molecular formula is C29H32BrClN2O3. The van der Waals surface area contributed by atoms with Gasteiger partial charge in [-0.15, -0.1) is 0 Å². The van der Waals surface area contributed by atoms with Gasteiger partial charge in [-0.1, -0.05) is 76.9 Å². The van der Waals surface area contributed by atoms with Crippen LogP contribution >= 0.6 is 27.5 Å². The molecule has 2 atom stereocenters. The maximum Gasteiger partial charge on any atom is 0.261 e. The Labute approximate surface area is 226 Å².